The summed E-state index contributed by atoms with van der Waals surface area (Å²) in [6.07, 6.45) is 6.80. The third-order valence-corrected chi connectivity index (χ3v) is 8.76. The summed E-state index contributed by atoms with van der Waals surface area (Å²) in [5.41, 5.74) is 2.94. The molecule has 0 bridgehead atoms. The van der Waals surface area contributed by atoms with Crippen LogP contribution in [0.15, 0.2) is 88.8 Å². The number of thiophene rings is 1. The molecule has 0 saturated carbocycles. The number of aromatic nitrogens is 1. The van der Waals surface area contributed by atoms with E-state index in [-0.39, 0.29) is 23.8 Å². The number of aliphatic hydroxyl groups is 1. The molecule has 4 heterocycles. The van der Waals surface area contributed by atoms with E-state index in [0.717, 1.165) is 36.2 Å². The van der Waals surface area contributed by atoms with Crippen molar-refractivity contribution in [2.45, 2.75) is 44.5 Å². The van der Waals surface area contributed by atoms with Gasteiger partial charge in [-0.3, -0.25) is 14.4 Å². The van der Waals surface area contributed by atoms with Gasteiger partial charge >= 0.3 is 0 Å². The van der Waals surface area contributed by atoms with Gasteiger partial charge in [0.05, 0.1) is 11.1 Å². The molecule has 1 saturated heterocycles. The van der Waals surface area contributed by atoms with E-state index in [0.29, 0.717) is 35.2 Å². The van der Waals surface area contributed by atoms with Crippen molar-refractivity contribution < 1.29 is 23.9 Å². The molecule has 1 fully saturated rings. The molecule has 1 unspecified atom stereocenters. The third-order valence-electron chi connectivity index (χ3n) is 7.90. The Morgan fingerprint density at radius 1 is 1.05 bits per heavy atom. The van der Waals surface area contributed by atoms with E-state index >= 15 is 0 Å². The van der Waals surface area contributed by atoms with Gasteiger partial charge in [0.1, 0.15) is 12.3 Å². The lowest BCUT2D eigenvalue weighted by Crippen LogP contribution is -2.43. The van der Waals surface area contributed by atoms with Gasteiger partial charge in [0.15, 0.2) is 5.76 Å². The largest absolute Gasteiger partial charge is 0.436 e. The van der Waals surface area contributed by atoms with Crippen LogP contribution in [0.5, 0.6) is 0 Å². The normalized spacial score (nSPS) is 18.4. The molecule has 0 radical (unpaired) electrons. The summed E-state index contributed by atoms with van der Waals surface area (Å²) in [6, 6.07) is 17.6. The molecule has 3 atom stereocenters. The van der Waals surface area contributed by atoms with E-state index in [2.05, 4.69) is 15.6 Å². The lowest BCUT2D eigenvalue weighted by molar-refractivity contribution is -0.130. The number of hydrogen-bond donors (Lipinski definition) is 3. The Kier molecular flexibility index (Phi) is 8.58. The Morgan fingerprint density at radius 2 is 1.80 bits per heavy atom. The minimum Gasteiger partial charge on any atom is -0.436 e. The fourth-order valence-corrected chi connectivity index (χ4v) is 6.37. The first-order valence-electron chi connectivity index (χ1n) is 14.6. The van der Waals surface area contributed by atoms with Crippen LogP contribution >= 0.6 is 11.3 Å². The smallest absolute Gasteiger partial charge is 0.265 e. The highest BCUT2D eigenvalue weighted by Crippen LogP contribution is 2.29. The molecule has 2 aromatic carbocycles. The van der Waals surface area contributed by atoms with Crippen molar-refractivity contribution in [2.75, 3.05) is 23.7 Å². The molecule has 2 aliphatic heterocycles. The van der Waals surface area contributed by atoms with Crippen LogP contribution in [0.2, 0.25) is 0 Å². The number of oxazole rings is 1. The van der Waals surface area contributed by atoms with Crippen LogP contribution in [0, 0.1) is 0 Å². The average Bonchev–Trinajstić information content (AvgIpc) is 3.85. The average molecular weight is 612 g/mol. The predicted octanol–water partition coefficient (Wildman–Crippen LogP) is 5.22. The minimum atomic E-state index is -0.766. The zero-order chi connectivity index (χ0) is 30.6. The van der Waals surface area contributed by atoms with E-state index in [1.165, 1.54) is 11.3 Å². The topological polar surface area (TPSA) is 128 Å². The van der Waals surface area contributed by atoms with Crippen molar-refractivity contribution in [3.05, 3.63) is 89.3 Å². The van der Waals surface area contributed by atoms with E-state index in [4.69, 9.17) is 4.42 Å². The van der Waals surface area contributed by atoms with E-state index in [1.54, 1.807) is 42.3 Å². The Labute approximate surface area is 259 Å². The second-order valence-corrected chi connectivity index (χ2v) is 11.8. The van der Waals surface area contributed by atoms with Gasteiger partial charge in [0.25, 0.3) is 11.8 Å². The number of nitrogens with zero attached hydrogens (tertiary/aromatic N) is 3. The molecule has 226 valence electrons. The molecule has 4 aromatic rings. The highest BCUT2D eigenvalue weighted by Gasteiger charge is 2.32. The fourth-order valence-electron chi connectivity index (χ4n) is 5.69. The maximum absolute atomic E-state index is 13.0. The van der Waals surface area contributed by atoms with Crippen LogP contribution in [0.25, 0.3) is 22.8 Å². The third kappa shape index (κ3) is 6.43. The summed E-state index contributed by atoms with van der Waals surface area (Å²) in [5, 5.41) is 18.4. The van der Waals surface area contributed by atoms with Crippen molar-refractivity contribution in [3.8, 4) is 22.8 Å². The number of anilines is 2. The zero-order valence-electron chi connectivity index (χ0n) is 24.2. The quantitative estimate of drug-likeness (QED) is 0.175. The number of carbonyl (C=O) groups excluding carboxylic acids is 3. The summed E-state index contributed by atoms with van der Waals surface area (Å²) >= 11 is 1.36. The summed E-state index contributed by atoms with van der Waals surface area (Å²) < 4.78 is 6.02. The standard InChI is InChI=1S/C33H33N5O5S/c1-21(39)37-16-2-5-26(37)19-30(40)35-24-12-8-22(9-13-24)28-20-34-32(43-28)23-10-14-25(15-11-23)36-31(41)27-6-3-17-38(27)33(42)29-7-4-18-44-29/h3-4,6-15,18,20,26-27,30,35,40H,2,5,16-17,19H2,1H3,(H,36,41)/t26-,27-,30?/m0/s1. The molecular weight excluding hydrogens is 578 g/mol. The van der Waals surface area contributed by atoms with Gasteiger partial charge in [-0.2, -0.15) is 0 Å². The van der Waals surface area contributed by atoms with Crippen molar-refractivity contribution in [1.29, 1.82) is 0 Å². The number of carbonyl (C=O) groups is 3. The van der Waals surface area contributed by atoms with Crippen molar-refractivity contribution in [2.24, 2.45) is 0 Å². The first-order valence-corrected chi connectivity index (χ1v) is 15.4. The fraction of sp³-hybridized carbons (Fsp3) is 0.273. The van der Waals surface area contributed by atoms with Gasteiger partial charge in [-0.1, -0.05) is 18.2 Å². The van der Waals surface area contributed by atoms with E-state index in [9.17, 15) is 19.5 Å². The number of likely N-dealkylation sites (tertiary alicyclic amines) is 1. The first kappa shape index (κ1) is 29.3. The van der Waals surface area contributed by atoms with Gasteiger partial charge < -0.3 is 30.0 Å². The number of amides is 3. The molecule has 0 spiro atoms. The maximum Gasteiger partial charge on any atom is 0.265 e. The van der Waals surface area contributed by atoms with Crippen LogP contribution in [-0.2, 0) is 9.59 Å². The van der Waals surface area contributed by atoms with Crippen molar-refractivity contribution >= 4 is 40.4 Å². The molecule has 3 amide bonds. The minimum absolute atomic E-state index is 0.0472. The molecule has 2 aliphatic rings. The van der Waals surface area contributed by atoms with Gasteiger partial charge in [-0.05, 0) is 72.8 Å². The lowest BCUT2D eigenvalue weighted by Gasteiger charge is -2.26. The summed E-state index contributed by atoms with van der Waals surface area (Å²) in [6.45, 7) is 2.71. The zero-order valence-corrected chi connectivity index (χ0v) is 25.0. The summed E-state index contributed by atoms with van der Waals surface area (Å²) in [5.74, 6) is 0.637. The predicted molar refractivity (Wildman–Crippen MR) is 169 cm³/mol. The summed E-state index contributed by atoms with van der Waals surface area (Å²) in [4.78, 5) is 46.0. The van der Waals surface area contributed by atoms with Crippen LogP contribution in [-0.4, -0.2) is 69.0 Å². The first-order chi connectivity index (χ1) is 21.4. The SMILES string of the molecule is CC(=O)N1CCC[C@H]1CC(O)Nc1ccc(-c2cnc(-c3ccc(NC(=O)[C@@H]4C=CCN4C(=O)c4cccs4)cc3)o2)cc1. The monoisotopic (exact) mass is 611 g/mol. The maximum atomic E-state index is 13.0. The summed E-state index contributed by atoms with van der Waals surface area (Å²) in [7, 11) is 0. The Morgan fingerprint density at radius 3 is 2.52 bits per heavy atom. The Bertz CT molecular complexity index is 1650. The number of rotatable bonds is 9. The lowest BCUT2D eigenvalue weighted by atomic mass is 10.1. The van der Waals surface area contributed by atoms with Crippen LogP contribution in [0.1, 0.15) is 35.9 Å². The van der Waals surface area contributed by atoms with Gasteiger partial charge in [-0.25, -0.2) is 4.98 Å². The number of aliphatic hydroxyl groups excluding tert-OH is 1. The van der Waals surface area contributed by atoms with Crippen molar-refractivity contribution in [1.82, 2.24) is 14.8 Å². The molecule has 44 heavy (non-hydrogen) atoms. The second kappa shape index (κ2) is 12.9. The molecule has 10 nitrogen and oxygen atoms in total. The molecule has 6 rings (SSSR count). The molecule has 3 N–H and O–H groups in total. The Hall–Kier alpha value is -4.74. The van der Waals surface area contributed by atoms with E-state index < -0.39 is 12.3 Å². The number of nitrogens with one attached hydrogen (secondary N) is 2. The van der Waals surface area contributed by atoms with E-state index in [1.807, 2.05) is 58.8 Å². The molecule has 2 aromatic heterocycles. The molecular formula is C33H33N5O5S. The molecule has 0 aliphatic carbocycles. The second-order valence-electron chi connectivity index (χ2n) is 10.9. The van der Waals surface area contributed by atoms with Gasteiger partial charge in [0.2, 0.25) is 11.8 Å². The van der Waals surface area contributed by atoms with Gasteiger partial charge in [-0.15, -0.1) is 11.3 Å². The van der Waals surface area contributed by atoms with Crippen molar-refractivity contribution in [3.63, 3.8) is 0 Å². The Balaban J connectivity index is 1.04. The van der Waals surface area contributed by atoms with Crippen LogP contribution < -0.4 is 10.6 Å². The molecule has 11 heteroatoms. The van der Waals surface area contributed by atoms with Gasteiger partial charge in [0, 0.05) is 55.0 Å². The number of benzene rings is 2. The highest BCUT2D eigenvalue weighted by molar-refractivity contribution is 7.12. The number of hydrogen-bond acceptors (Lipinski definition) is 8. The van der Waals surface area contributed by atoms with Crippen LogP contribution in [0.3, 0.4) is 0 Å². The highest BCUT2D eigenvalue weighted by atomic mass is 32.1. The van der Waals surface area contributed by atoms with Crippen LogP contribution in [0.4, 0.5) is 11.4 Å².